The molecule has 0 N–H and O–H groups in total. The molecule has 0 fully saturated rings. The van der Waals surface area contributed by atoms with Gasteiger partial charge in [0.1, 0.15) is 0 Å². The van der Waals surface area contributed by atoms with E-state index in [0.717, 1.165) is 23.4 Å². The van der Waals surface area contributed by atoms with Gasteiger partial charge in [-0.2, -0.15) is 0 Å². The summed E-state index contributed by atoms with van der Waals surface area (Å²) in [6, 6.07) is 7.43. The minimum absolute atomic E-state index is 0.0226. The Labute approximate surface area is 128 Å². The topological polar surface area (TPSA) is 22.0 Å². The Balaban J connectivity index is 2.19. The van der Waals surface area contributed by atoms with Crippen LogP contribution < -0.4 is 0 Å². The number of ketones is 1. The first-order valence-corrected chi connectivity index (χ1v) is 7.32. The maximum atomic E-state index is 12.2. The van der Waals surface area contributed by atoms with Crippen molar-refractivity contribution in [2.24, 2.45) is 5.41 Å². The molecule has 3 rings (SSSR count). The zero-order valence-electron chi connectivity index (χ0n) is 11.4. The number of carbonyl (C=O) groups excluding carboxylic acids is 1. The summed E-state index contributed by atoms with van der Waals surface area (Å²) >= 11 is 12.4. The van der Waals surface area contributed by atoms with E-state index in [4.69, 9.17) is 23.2 Å². The fourth-order valence-corrected chi connectivity index (χ4v) is 3.24. The average Bonchev–Trinajstić information content (AvgIpc) is 2.75. The van der Waals surface area contributed by atoms with Crippen molar-refractivity contribution in [1.29, 1.82) is 0 Å². The number of hydrogen-bond acceptors (Lipinski definition) is 1. The Bertz CT molecular complexity index is 700. The van der Waals surface area contributed by atoms with Crippen molar-refractivity contribution in [3.63, 3.8) is 0 Å². The minimum Gasteiger partial charge on any atom is -0.319 e. The Morgan fingerprint density at radius 3 is 2.65 bits per heavy atom. The first-order valence-electron chi connectivity index (χ1n) is 6.57. The second-order valence-corrected chi connectivity index (χ2v) is 6.85. The normalized spacial score (nSPS) is 17.1. The molecule has 104 valence electrons. The number of fused-ring (bicyclic) bond motifs is 1. The third kappa shape index (κ3) is 2.17. The van der Waals surface area contributed by atoms with Crippen LogP contribution in [0.3, 0.4) is 0 Å². The summed E-state index contributed by atoms with van der Waals surface area (Å²) in [4.78, 5) is 12.2. The van der Waals surface area contributed by atoms with Crippen LogP contribution in [-0.4, -0.2) is 10.4 Å². The Hall–Kier alpha value is -1.25. The van der Waals surface area contributed by atoms with Gasteiger partial charge in [-0.3, -0.25) is 4.79 Å². The molecule has 2 aromatic rings. The molecule has 0 amide bonds. The lowest BCUT2D eigenvalue weighted by molar-refractivity contribution is 0.0911. The molecule has 1 aromatic carbocycles. The van der Waals surface area contributed by atoms with E-state index in [9.17, 15) is 4.79 Å². The van der Waals surface area contributed by atoms with Crippen molar-refractivity contribution in [3.8, 4) is 5.69 Å². The summed E-state index contributed by atoms with van der Waals surface area (Å²) in [7, 11) is 0. The molecule has 1 aliphatic rings. The average molecular weight is 308 g/mol. The number of hydrogen-bond donors (Lipinski definition) is 0. The lowest BCUT2D eigenvalue weighted by Gasteiger charge is -2.29. The molecular weight excluding hydrogens is 293 g/mol. The van der Waals surface area contributed by atoms with E-state index < -0.39 is 0 Å². The van der Waals surface area contributed by atoms with E-state index in [0.29, 0.717) is 16.5 Å². The highest BCUT2D eigenvalue weighted by molar-refractivity contribution is 6.43. The Morgan fingerprint density at radius 2 is 1.90 bits per heavy atom. The van der Waals surface area contributed by atoms with Crippen molar-refractivity contribution in [2.75, 3.05) is 0 Å². The Kier molecular flexibility index (Phi) is 3.19. The van der Waals surface area contributed by atoms with Crippen LogP contribution >= 0.6 is 23.2 Å². The summed E-state index contributed by atoms with van der Waals surface area (Å²) in [5.74, 6) is 0.202. The largest absolute Gasteiger partial charge is 0.319 e. The van der Waals surface area contributed by atoms with Gasteiger partial charge in [-0.05, 0) is 30.0 Å². The molecule has 0 unspecified atom stereocenters. The van der Waals surface area contributed by atoms with Crippen LogP contribution in [0.25, 0.3) is 5.69 Å². The van der Waals surface area contributed by atoms with Gasteiger partial charge in [0.05, 0.1) is 15.7 Å². The molecule has 4 heteroatoms. The molecule has 0 atom stereocenters. The summed E-state index contributed by atoms with van der Waals surface area (Å²) in [6.07, 6.45) is 3.35. The molecule has 1 heterocycles. The van der Waals surface area contributed by atoms with E-state index in [-0.39, 0.29) is 11.2 Å². The monoisotopic (exact) mass is 307 g/mol. The molecule has 20 heavy (non-hydrogen) atoms. The molecular formula is C16H15Cl2NO. The molecule has 0 radical (unpaired) electrons. The van der Waals surface area contributed by atoms with E-state index in [1.165, 1.54) is 0 Å². The zero-order chi connectivity index (χ0) is 14.5. The van der Waals surface area contributed by atoms with Crippen LogP contribution in [0.4, 0.5) is 0 Å². The predicted molar refractivity (Wildman–Crippen MR) is 82.2 cm³/mol. The zero-order valence-corrected chi connectivity index (χ0v) is 12.9. The molecule has 0 saturated carbocycles. The highest BCUT2D eigenvalue weighted by Gasteiger charge is 2.33. The summed E-state index contributed by atoms with van der Waals surface area (Å²) in [5.41, 5.74) is 2.63. The van der Waals surface area contributed by atoms with Gasteiger partial charge in [-0.1, -0.05) is 43.1 Å². The van der Waals surface area contributed by atoms with Crippen LogP contribution in [0.15, 0.2) is 30.5 Å². The summed E-state index contributed by atoms with van der Waals surface area (Å²) in [5, 5.41) is 1.04. The SMILES string of the molecule is CC1(C)CC(=O)c2ccn(-c3cccc(Cl)c3Cl)c2C1. The molecule has 0 saturated heterocycles. The first-order chi connectivity index (χ1) is 9.39. The number of nitrogens with zero attached hydrogens (tertiary/aromatic N) is 1. The van der Waals surface area contributed by atoms with Gasteiger partial charge in [-0.25, -0.2) is 0 Å². The Morgan fingerprint density at radius 1 is 1.15 bits per heavy atom. The van der Waals surface area contributed by atoms with Crippen LogP contribution in [0.1, 0.15) is 36.3 Å². The first kappa shape index (κ1) is 13.7. The van der Waals surface area contributed by atoms with Gasteiger partial charge in [0.15, 0.2) is 5.78 Å². The van der Waals surface area contributed by atoms with Gasteiger partial charge in [0.2, 0.25) is 0 Å². The third-order valence-electron chi connectivity index (χ3n) is 3.77. The highest BCUT2D eigenvalue weighted by Crippen LogP contribution is 2.38. The van der Waals surface area contributed by atoms with Gasteiger partial charge >= 0.3 is 0 Å². The molecule has 0 bridgehead atoms. The molecule has 1 aliphatic carbocycles. The van der Waals surface area contributed by atoms with Gasteiger partial charge < -0.3 is 4.57 Å². The number of rotatable bonds is 1. The van der Waals surface area contributed by atoms with Gasteiger partial charge in [0, 0.05) is 23.9 Å². The molecule has 0 spiro atoms. The second kappa shape index (κ2) is 4.64. The van der Waals surface area contributed by atoms with Crippen molar-refractivity contribution in [2.45, 2.75) is 26.7 Å². The molecule has 1 aromatic heterocycles. The van der Waals surface area contributed by atoms with Crippen molar-refractivity contribution < 1.29 is 4.79 Å². The molecule has 0 aliphatic heterocycles. The van der Waals surface area contributed by atoms with E-state index in [1.807, 2.05) is 29.0 Å². The predicted octanol–water partition coefficient (Wildman–Crippen LogP) is 4.94. The fourth-order valence-electron chi connectivity index (χ4n) is 2.85. The van der Waals surface area contributed by atoms with Crippen LogP contribution in [-0.2, 0) is 6.42 Å². The van der Waals surface area contributed by atoms with E-state index >= 15 is 0 Å². The molecule has 2 nitrogen and oxygen atoms in total. The lowest BCUT2D eigenvalue weighted by Crippen LogP contribution is -2.27. The van der Waals surface area contributed by atoms with Crippen molar-refractivity contribution >= 4 is 29.0 Å². The fraction of sp³-hybridized carbons (Fsp3) is 0.312. The second-order valence-electron chi connectivity index (χ2n) is 6.06. The number of halogens is 2. The lowest BCUT2D eigenvalue weighted by atomic mass is 9.76. The van der Waals surface area contributed by atoms with Gasteiger partial charge in [0.25, 0.3) is 0 Å². The van der Waals surface area contributed by atoms with Crippen LogP contribution in [0.2, 0.25) is 10.0 Å². The van der Waals surface area contributed by atoms with Crippen molar-refractivity contribution in [1.82, 2.24) is 4.57 Å². The summed E-state index contributed by atoms with van der Waals surface area (Å²) < 4.78 is 1.99. The smallest absolute Gasteiger partial charge is 0.165 e. The van der Waals surface area contributed by atoms with Crippen molar-refractivity contribution in [3.05, 3.63) is 51.8 Å². The quantitative estimate of drug-likeness (QED) is 0.731. The number of carbonyl (C=O) groups is 1. The maximum absolute atomic E-state index is 12.2. The van der Waals surface area contributed by atoms with Crippen LogP contribution in [0.5, 0.6) is 0 Å². The number of benzene rings is 1. The standard InChI is InChI=1S/C16H15Cl2NO/c1-16(2)8-13-10(14(20)9-16)6-7-19(13)12-5-3-4-11(17)15(12)18/h3-7H,8-9H2,1-2H3. The minimum atomic E-state index is -0.0226. The maximum Gasteiger partial charge on any atom is 0.165 e. The van der Waals surface area contributed by atoms with Crippen LogP contribution in [0, 0.1) is 5.41 Å². The number of Topliss-reactive ketones (excluding diaryl/α,β-unsaturated/α-hetero) is 1. The van der Waals surface area contributed by atoms with E-state index in [2.05, 4.69) is 13.8 Å². The number of aromatic nitrogens is 1. The van der Waals surface area contributed by atoms with E-state index in [1.54, 1.807) is 6.07 Å². The third-order valence-corrected chi connectivity index (χ3v) is 4.58. The highest BCUT2D eigenvalue weighted by atomic mass is 35.5. The van der Waals surface area contributed by atoms with Gasteiger partial charge in [-0.15, -0.1) is 0 Å². The summed E-state index contributed by atoms with van der Waals surface area (Å²) in [6.45, 7) is 4.23.